The van der Waals surface area contributed by atoms with Crippen LogP contribution in [0.1, 0.15) is 11.1 Å². The van der Waals surface area contributed by atoms with Crippen LogP contribution in [0.5, 0.6) is 0 Å². The fraction of sp³-hybridized carbons (Fsp3) is 0.200. The van der Waals surface area contributed by atoms with E-state index in [1.54, 1.807) is 7.11 Å². The summed E-state index contributed by atoms with van der Waals surface area (Å²) in [6.07, 6.45) is 0. The number of hydrogen-bond acceptors (Lipinski definition) is 2. The molecule has 0 bridgehead atoms. The van der Waals surface area contributed by atoms with Crippen molar-refractivity contribution in [2.45, 2.75) is 13.2 Å². The van der Waals surface area contributed by atoms with Crippen molar-refractivity contribution >= 4 is 15.9 Å². The topological polar surface area (TPSA) is 29.5 Å². The molecule has 0 aliphatic carbocycles. The monoisotopic (exact) mass is 306 g/mol. The van der Waals surface area contributed by atoms with Crippen molar-refractivity contribution in [1.29, 1.82) is 0 Å². The summed E-state index contributed by atoms with van der Waals surface area (Å²) in [5.74, 6) is 0. The molecule has 0 aromatic heterocycles. The molecule has 2 rings (SSSR count). The average Bonchev–Trinajstić information content (AvgIpc) is 2.41. The quantitative estimate of drug-likeness (QED) is 0.932. The van der Waals surface area contributed by atoms with Crippen LogP contribution in [0, 0.1) is 0 Å². The zero-order valence-corrected chi connectivity index (χ0v) is 11.8. The Kier molecular flexibility index (Phi) is 4.53. The predicted molar refractivity (Wildman–Crippen MR) is 76.2 cm³/mol. The average molecular weight is 307 g/mol. The van der Waals surface area contributed by atoms with Crippen LogP contribution in [0.4, 0.5) is 0 Å². The van der Waals surface area contributed by atoms with Gasteiger partial charge in [-0.15, -0.1) is 0 Å². The lowest BCUT2D eigenvalue weighted by Crippen LogP contribution is -1.90. The van der Waals surface area contributed by atoms with Gasteiger partial charge in [0.1, 0.15) is 0 Å². The van der Waals surface area contributed by atoms with Gasteiger partial charge in [0.15, 0.2) is 0 Å². The molecule has 0 spiro atoms. The van der Waals surface area contributed by atoms with E-state index in [0.717, 1.165) is 26.7 Å². The Morgan fingerprint density at radius 3 is 2.56 bits per heavy atom. The normalized spacial score (nSPS) is 10.6. The Morgan fingerprint density at radius 2 is 1.89 bits per heavy atom. The van der Waals surface area contributed by atoms with E-state index in [4.69, 9.17) is 9.84 Å². The molecule has 18 heavy (non-hydrogen) atoms. The van der Waals surface area contributed by atoms with E-state index in [0.29, 0.717) is 6.61 Å². The Morgan fingerprint density at radius 1 is 1.11 bits per heavy atom. The molecule has 0 saturated heterocycles. The number of rotatable bonds is 4. The van der Waals surface area contributed by atoms with E-state index in [9.17, 15) is 0 Å². The number of hydrogen-bond donors (Lipinski definition) is 1. The third-order valence-electron chi connectivity index (χ3n) is 2.80. The van der Waals surface area contributed by atoms with E-state index < -0.39 is 0 Å². The first-order valence-corrected chi connectivity index (χ1v) is 6.51. The molecule has 2 aromatic carbocycles. The van der Waals surface area contributed by atoms with Gasteiger partial charge in [0, 0.05) is 11.6 Å². The highest BCUT2D eigenvalue weighted by molar-refractivity contribution is 9.10. The van der Waals surface area contributed by atoms with Gasteiger partial charge in [0.25, 0.3) is 0 Å². The molecular weight excluding hydrogens is 292 g/mol. The fourth-order valence-electron chi connectivity index (χ4n) is 1.85. The van der Waals surface area contributed by atoms with E-state index in [1.807, 2.05) is 24.3 Å². The first-order chi connectivity index (χ1) is 8.74. The predicted octanol–water partition coefficient (Wildman–Crippen LogP) is 3.75. The molecule has 0 unspecified atom stereocenters. The Bertz CT molecular complexity index is 538. The van der Waals surface area contributed by atoms with Gasteiger partial charge < -0.3 is 9.84 Å². The first kappa shape index (κ1) is 13.3. The van der Waals surface area contributed by atoms with E-state index >= 15 is 0 Å². The molecular formula is C15H15BrO2. The third kappa shape index (κ3) is 2.99. The number of aliphatic hydroxyl groups is 1. The van der Waals surface area contributed by atoms with Crippen LogP contribution in [-0.4, -0.2) is 12.2 Å². The van der Waals surface area contributed by atoms with Crippen molar-refractivity contribution in [3.8, 4) is 11.1 Å². The number of halogens is 1. The standard InChI is InChI=1S/C15H15BrO2/c1-18-10-14-6-5-13(8-15(14)16)12-4-2-3-11(7-12)9-17/h2-8,17H,9-10H2,1H3. The largest absolute Gasteiger partial charge is 0.392 e. The van der Waals surface area contributed by atoms with Crippen LogP contribution in [0.15, 0.2) is 46.9 Å². The van der Waals surface area contributed by atoms with Crippen LogP contribution in [-0.2, 0) is 18.0 Å². The first-order valence-electron chi connectivity index (χ1n) is 5.72. The summed E-state index contributed by atoms with van der Waals surface area (Å²) in [7, 11) is 1.69. The highest BCUT2D eigenvalue weighted by Crippen LogP contribution is 2.27. The van der Waals surface area contributed by atoms with Gasteiger partial charge in [-0.25, -0.2) is 0 Å². The second-order valence-corrected chi connectivity index (χ2v) is 4.95. The molecule has 2 nitrogen and oxygen atoms in total. The minimum atomic E-state index is 0.0662. The summed E-state index contributed by atoms with van der Waals surface area (Å²) in [5, 5.41) is 9.15. The zero-order chi connectivity index (χ0) is 13.0. The third-order valence-corrected chi connectivity index (χ3v) is 3.53. The molecule has 0 aliphatic rings. The SMILES string of the molecule is COCc1ccc(-c2cccc(CO)c2)cc1Br. The molecule has 2 aromatic rings. The van der Waals surface area contributed by atoms with Crippen molar-refractivity contribution in [3.63, 3.8) is 0 Å². The van der Waals surface area contributed by atoms with Gasteiger partial charge in [0.05, 0.1) is 13.2 Å². The van der Waals surface area contributed by atoms with Crippen LogP contribution >= 0.6 is 15.9 Å². The fourth-order valence-corrected chi connectivity index (χ4v) is 2.34. The van der Waals surface area contributed by atoms with Gasteiger partial charge in [0.2, 0.25) is 0 Å². The van der Waals surface area contributed by atoms with Gasteiger partial charge in [-0.2, -0.15) is 0 Å². The lowest BCUT2D eigenvalue weighted by Gasteiger charge is -2.08. The molecule has 0 saturated carbocycles. The summed E-state index contributed by atoms with van der Waals surface area (Å²) < 4.78 is 6.17. The second kappa shape index (κ2) is 6.14. The van der Waals surface area contributed by atoms with Crippen LogP contribution in [0.25, 0.3) is 11.1 Å². The minimum absolute atomic E-state index is 0.0662. The molecule has 3 heteroatoms. The number of ether oxygens (including phenoxy) is 1. The van der Waals surface area contributed by atoms with Crippen molar-refractivity contribution in [2.75, 3.05) is 7.11 Å². The Hall–Kier alpha value is -1.16. The highest BCUT2D eigenvalue weighted by Gasteiger charge is 2.04. The van der Waals surface area contributed by atoms with Crippen molar-refractivity contribution in [3.05, 3.63) is 58.1 Å². The molecule has 1 N–H and O–H groups in total. The molecule has 0 radical (unpaired) electrons. The van der Waals surface area contributed by atoms with Crippen LogP contribution < -0.4 is 0 Å². The number of aliphatic hydroxyl groups excluding tert-OH is 1. The summed E-state index contributed by atoms with van der Waals surface area (Å²) in [4.78, 5) is 0. The summed E-state index contributed by atoms with van der Waals surface area (Å²) >= 11 is 3.55. The van der Waals surface area contributed by atoms with E-state index in [2.05, 4.69) is 34.1 Å². The maximum absolute atomic E-state index is 9.15. The Balaban J connectivity index is 2.35. The van der Waals surface area contributed by atoms with Crippen molar-refractivity contribution in [2.24, 2.45) is 0 Å². The zero-order valence-electron chi connectivity index (χ0n) is 10.2. The molecule has 0 amide bonds. The Labute approximate surface area is 115 Å². The van der Waals surface area contributed by atoms with Crippen LogP contribution in [0.2, 0.25) is 0 Å². The van der Waals surface area contributed by atoms with Gasteiger partial charge >= 0.3 is 0 Å². The molecule has 0 atom stereocenters. The van der Waals surface area contributed by atoms with Crippen molar-refractivity contribution < 1.29 is 9.84 Å². The van der Waals surface area contributed by atoms with Gasteiger partial charge in [-0.3, -0.25) is 0 Å². The highest BCUT2D eigenvalue weighted by atomic mass is 79.9. The molecule has 0 heterocycles. The molecule has 0 aliphatic heterocycles. The minimum Gasteiger partial charge on any atom is -0.392 e. The van der Waals surface area contributed by atoms with E-state index in [-0.39, 0.29) is 6.61 Å². The van der Waals surface area contributed by atoms with E-state index in [1.165, 1.54) is 0 Å². The second-order valence-electron chi connectivity index (χ2n) is 4.10. The van der Waals surface area contributed by atoms with Crippen molar-refractivity contribution in [1.82, 2.24) is 0 Å². The maximum Gasteiger partial charge on any atom is 0.0724 e. The number of benzene rings is 2. The van der Waals surface area contributed by atoms with Crippen LogP contribution in [0.3, 0.4) is 0 Å². The summed E-state index contributed by atoms with van der Waals surface area (Å²) in [5.41, 5.74) is 4.27. The lowest BCUT2D eigenvalue weighted by atomic mass is 10.0. The summed E-state index contributed by atoms with van der Waals surface area (Å²) in [6, 6.07) is 14.1. The molecule has 94 valence electrons. The number of methoxy groups -OCH3 is 1. The summed E-state index contributed by atoms with van der Waals surface area (Å²) in [6.45, 7) is 0.661. The lowest BCUT2D eigenvalue weighted by molar-refractivity contribution is 0.184. The van der Waals surface area contributed by atoms with Gasteiger partial charge in [-0.05, 0) is 34.4 Å². The molecule has 0 fully saturated rings. The smallest absolute Gasteiger partial charge is 0.0724 e. The van der Waals surface area contributed by atoms with Gasteiger partial charge in [-0.1, -0.05) is 46.3 Å². The maximum atomic E-state index is 9.15.